The van der Waals surface area contributed by atoms with Crippen LogP contribution in [0.25, 0.3) is 0 Å². The van der Waals surface area contributed by atoms with Crippen molar-refractivity contribution in [2.75, 3.05) is 5.32 Å². The summed E-state index contributed by atoms with van der Waals surface area (Å²) in [7, 11) is 0. The molecule has 0 radical (unpaired) electrons. The maximum atomic E-state index is 12.0. The van der Waals surface area contributed by atoms with E-state index in [9.17, 15) is 4.79 Å². The number of rotatable bonds is 7. The first-order chi connectivity index (χ1) is 10.2. The molecule has 1 aromatic heterocycles. The molecule has 0 unspecified atom stereocenters. The highest BCUT2D eigenvalue weighted by atomic mass is 35.5. The summed E-state index contributed by atoms with van der Waals surface area (Å²) in [6.45, 7) is 2.49. The minimum atomic E-state index is -0.183. The van der Waals surface area contributed by atoms with Gasteiger partial charge in [0.1, 0.15) is 12.0 Å². The average molecular weight is 323 g/mol. The van der Waals surface area contributed by atoms with E-state index < -0.39 is 0 Å². The van der Waals surface area contributed by atoms with Gasteiger partial charge in [-0.15, -0.1) is 12.4 Å². The van der Waals surface area contributed by atoms with E-state index in [1.54, 1.807) is 6.07 Å². The molecule has 120 valence electrons. The van der Waals surface area contributed by atoms with Crippen molar-refractivity contribution in [1.82, 2.24) is 0 Å². The maximum absolute atomic E-state index is 12.0. The lowest BCUT2D eigenvalue weighted by Gasteiger charge is -2.05. The molecule has 0 aliphatic rings. The Morgan fingerprint density at radius 3 is 2.55 bits per heavy atom. The summed E-state index contributed by atoms with van der Waals surface area (Å²) in [5.74, 6) is 0.420. The number of nitrogens with two attached hydrogens (primary N) is 1. The largest absolute Gasteiger partial charge is 0.467 e. The smallest absolute Gasteiger partial charge is 0.258 e. The molecule has 0 atom stereocenters. The first-order valence-electron chi connectivity index (χ1n) is 7.40. The van der Waals surface area contributed by atoms with Crippen molar-refractivity contribution in [3.63, 3.8) is 0 Å². The molecule has 22 heavy (non-hydrogen) atoms. The van der Waals surface area contributed by atoms with Crippen LogP contribution < -0.4 is 11.1 Å². The molecule has 0 fully saturated rings. The lowest BCUT2D eigenvalue weighted by Crippen LogP contribution is -2.10. The van der Waals surface area contributed by atoms with Crippen LogP contribution in [0.2, 0.25) is 0 Å². The normalized spacial score (nSPS) is 10.1. The number of carbonyl (C=O) groups excluding carboxylic acids is 1. The Hall–Kier alpha value is -1.78. The van der Waals surface area contributed by atoms with Gasteiger partial charge in [0.2, 0.25) is 0 Å². The van der Waals surface area contributed by atoms with Crippen molar-refractivity contribution in [2.45, 2.75) is 39.2 Å². The summed E-state index contributed by atoms with van der Waals surface area (Å²) in [6, 6.07) is 9.65. The molecule has 1 heterocycles. The fraction of sp³-hybridized carbons (Fsp3) is 0.353. The number of carbonyl (C=O) groups is 1. The molecule has 0 aliphatic carbocycles. The lowest BCUT2D eigenvalue weighted by atomic mass is 10.1. The van der Waals surface area contributed by atoms with Gasteiger partial charge in [-0.3, -0.25) is 4.79 Å². The standard InChI is InChI=1S/C17H22N2O2.ClH/c1-2-3-4-5-13-6-8-15(9-7-13)19-17(20)14-10-16(11-18)21-12-14;/h6-10,12H,2-5,11,18H2,1H3,(H,19,20);1H. The molecule has 0 aliphatic heterocycles. The third kappa shape index (κ3) is 5.20. The van der Waals surface area contributed by atoms with Crippen LogP contribution in [0.1, 0.15) is 47.9 Å². The minimum Gasteiger partial charge on any atom is -0.467 e. The second-order valence-electron chi connectivity index (χ2n) is 5.11. The number of aryl methyl sites for hydroxylation is 1. The van der Waals surface area contributed by atoms with Gasteiger partial charge in [-0.1, -0.05) is 31.9 Å². The number of amides is 1. The molecular formula is C17H23ClN2O2. The van der Waals surface area contributed by atoms with Gasteiger partial charge in [0.25, 0.3) is 5.91 Å². The van der Waals surface area contributed by atoms with E-state index in [0.717, 1.165) is 12.1 Å². The van der Waals surface area contributed by atoms with Crippen molar-refractivity contribution in [1.29, 1.82) is 0 Å². The van der Waals surface area contributed by atoms with Crippen molar-refractivity contribution in [3.8, 4) is 0 Å². The number of anilines is 1. The van der Waals surface area contributed by atoms with Gasteiger partial charge >= 0.3 is 0 Å². The molecular weight excluding hydrogens is 300 g/mol. The van der Waals surface area contributed by atoms with Crippen molar-refractivity contribution in [3.05, 3.63) is 53.5 Å². The van der Waals surface area contributed by atoms with Crippen molar-refractivity contribution < 1.29 is 9.21 Å². The average Bonchev–Trinajstić information content (AvgIpc) is 2.98. The summed E-state index contributed by atoms with van der Waals surface area (Å²) in [4.78, 5) is 12.0. The monoisotopic (exact) mass is 322 g/mol. The third-order valence-corrected chi connectivity index (χ3v) is 3.40. The summed E-state index contributed by atoms with van der Waals surface area (Å²) in [5, 5.41) is 2.85. The fourth-order valence-electron chi connectivity index (χ4n) is 2.14. The van der Waals surface area contributed by atoms with Crippen molar-refractivity contribution in [2.24, 2.45) is 5.73 Å². The van der Waals surface area contributed by atoms with E-state index in [-0.39, 0.29) is 18.3 Å². The Morgan fingerprint density at radius 1 is 1.23 bits per heavy atom. The molecule has 1 aromatic carbocycles. The van der Waals surface area contributed by atoms with Crippen LogP contribution in [-0.4, -0.2) is 5.91 Å². The SMILES string of the molecule is CCCCCc1ccc(NC(=O)c2coc(CN)c2)cc1.Cl. The van der Waals surface area contributed by atoms with Gasteiger partial charge in [0.05, 0.1) is 12.1 Å². The number of hydrogen-bond acceptors (Lipinski definition) is 3. The Labute approximate surface area is 137 Å². The van der Waals surface area contributed by atoms with Crippen LogP contribution in [0.3, 0.4) is 0 Å². The Kier molecular flexibility index (Phi) is 7.71. The van der Waals surface area contributed by atoms with Gasteiger partial charge in [-0.25, -0.2) is 0 Å². The lowest BCUT2D eigenvalue weighted by molar-refractivity contribution is 0.102. The number of hydrogen-bond donors (Lipinski definition) is 2. The molecule has 2 rings (SSSR count). The van der Waals surface area contributed by atoms with E-state index in [0.29, 0.717) is 17.9 Å². The first kappa shape index (κ1) is 18.3. The topological polar surface area (TPSA) is 68.3 Å². The zero-order chi connectivity index (χ0) is 15.1. The maximum Gasteiger partial charge on any atom is 0.258 e. The third-order valence-electron chi connectivity index (χ3n) is 3.40. The predicted molar refractivity (Wildman–Crippen MR) is 91.5 cm³/mol. The molecule has 1 amide bonds. The molecule has 0 bridgehead atoms. The van der Waals surface area contributed by atoms with E-state index in [1.165, 1.54) is 31.1 Å². The minimum absolute atomic E-state index is 0. The zero-order valence-corrected chi connectivity index (χ0v) is 13.6. The summed E-state index contributed by atoms with van der Waals surface area (Å²) < 4.78 is 5.16. The quantitative estimate of drug-likeness (QED) is 0.752. The van der Waals surface area contributed by atoms with Crippen LogP contribution in [0.5, 0.6) is 0 Å². The second-order valence-corrected chi connectivity index (χ2v) is 5.11. The molecule has 0 saturated heterocycles. The van der Waals surface area contributed by atoms with E-state index in [4.69, 9.17) is 10.2 Å². The first-order valence-corrected chi connectivity index (χ1v) is 7.40. The van der Waals surface area contributed by atoms with Gasteiger partial charge in [0, 0.05) is 5.69 Å². The van der Waals surface area contributed by atoms with Crippen LogP contribution >= 0.6 is 12.4 Å². The second kappa shape index (κ2) is 9.28. The van der Waals surface area contributed by atoms with E-state index in [2.05, 4.69) is 24.4 Å². The highest BCUT2D eigenvalue weighted by molar-refractivity contribution is 6.04. The zero-order valence-electron chi connectivity index (χ0n) is 12.8. The number of benzene rings is 1. The van der Waals surface area contributed by atoms with Crippen LogP contribution in [0.4, 0.5) is 5.69 Å². The Morgan fingerprint density at radius 2 is 1.95 bits per heavy atom. The number of furan rings is 1. The number of halogens is 1. The van der Waals surface area contributed by atoms with Gasteiger partial charge in [0.15, 0.2) is 0 Å². The number of unbranched alkanes of at least 4 members (excludes halogenated alkanes) is 2. The predicted octanol–water partition coefficient (Wildman–Crippen LogP) is 4.15. The molecule has 4 nitrogen and oxygen atoms in total. The van der Waals surface area contributed by atoms with E-state index >= 15 is 0 Å². The summed E-state index contributed by atoms with van der Waals surface area (Å²) >= 11 is 0. The van der Waals surface area contributed by atoms with Gasteiger partial charge in [-0.2, -0.15) is 0 Å². The summed E-state index contributed by atoms with van der Waals surface area (Å²) in [6.07, 6.45) is 6.20. The van der Waals surface area contributed by atoms with Crippen LogP contribution in [0.15, 0.2) is 41.0 Å². The molecule has 3 N–H and O–H groups in total. The molecule has 0 saturated carbocycles. The fourth-order valence-corrected chi connectivity index (χ4v) is 2.14. The highest BCUT2D eigenvalue weighted by Crippen LogP contribution is 2.14. The molecule has 0 spiro atoms. The van der Waals surface area contributed by atoms with Crippen molar-refractivity contribution >= 4 is 24.0 Å². The summed E-state index contributed by atoms with van der Waals surface area (Å²) in [5.41, 5.74) is 8.03. The Balaban J connectivity index is 0.00000242. The van der Waals surface area contributed by atoms with Crippen LogP contribution in [-0.2, 0) is 13.0 Å². The van der Waals surface area contributed by atoms with Crippen LogP contribution in [0, 0.1) is 0 Å². The molecule has 2 aromatic rings. The van der Waals surface area contributed by atoms with E-state index in [1.807, 2.05) is 12.1 Å². The van der Waals surface area contributed by atoms with Gasteiger partial charge in [-0.05, 0) is 36.6 Å². The molecule has 5 heteroatoms. The number of nitrogens with one attached hydrogen (secondary N) is 1. The highest BCUT2D eigenvalue weighted by Gasteiger charge is 2.09. The Bertz CT molecular complexity index is 579. The van der Waals surface area contributed by atoms with Gasteiger partial charge < -0.3 is 15.5 Å².